The van der Waals surface area contributed by atoms with Crippen LogP contribution in [0, 0.1) is 0 Å². The predicted octanol–water partition coefficient (Wildman–Crippen LogP) is 2.11. The second-order valence-corrected chi connectivity index (χ2v) is 4.92. The van der Waals surface area contributed by atoms with E-state index in [0.717, 1.165) is 19.3 Å². The number of aromatic nitrogens is 1. The van der Waals surface area contributed by atoms with Crippen LogP contribution in [0.1, 0.15) is 36.0 Å². The van der Waals surface area contributed by atoms with E-state index >= 15 is 0 Å². The van der Waals surface area contributed by atoms with Crippen LogP contribution in [0.2, 0.25) is 5.02 Å². The minimum absolute atomic E-state index is 0.0775. The number of aliphatic hydroxyl groups is 1. The molecule has 1 aliphatic rings. The number of pyridine rings is 1. The molecular weight excluding hydrogens is 252 g/mol. The summed E-state index contributed by atoms with van der Waals surface area (Å²) in [6.45, 7) is 0.669. The maximum atomic E-state index is 12.4. The Morgan fingerprint density at radius 2 is 2.33 bits per heavy atom. The van der Waals surface area contributed by atoms with E-state index in [1.54, 1.807) is 12.3 Å². The second-order valence-electron chi connectivity index (χ2n) is 4.52. The summed E-state index contributed by atoms with van der Waals surface area (Å²) in [5.74, 6) is -0.0775. The van der Waals surface area contributed by atoms with E-state index in [1.165, 1.54) is 6.20 Å². The highest BCUT2D eigenvalue weighted by Crippen LogP contribution is 2.27. The van der Waals surface area contributed by atoms with Crippen molar-refractivity contribution in [3.63, 3.8) is 0 Å². The number of carbonyl (C=O) groups excluding carboxylic acids is 1. The highest BCUT2D eigenvalue weighted by molar-refractivity contribution is 6.33. The zero-order valence-electron chi connectivity index (χ0n) is 10.2. The van der Waals surface area contributed by atoms with Gasteiger partial charge in [-0.25, -0.2) is 0 Å². The van der Waals surface area contributed by atoms with Crippen molar-refractivity contribution in [3.8, 4) is 0 Å². The highest BCUT2D eigenvalue weighted by atomic mass is 35.5. The van der Waals surface area contributed by atoms with E-state index in [1.807, 2.05) is 4.90 Å². The van der Waals surface area contributed by atoms with Gasteiger partial charge in [-0.15, -0.1) is 0 Å². The van der Waals surface area contributed by atoms with Gasteiger partial charge in [0.05, 0.1) is 10.6 Å². The fourth-order valence-electron chi connectivity index (χ4n) is 2.08. The SMILES string of the molecule is O=C(c1cnccc1Cl)N(CCCO)C1CCC1. The fraction of sp³-hybridized carbons (Fsp3) is 0.538. The number of hydrogen-bond acceptors (Lipinski definition) is 3. The molecule has 1 aromatic heterocycles. The number of hydrogen-bond donors (Lipinski definition) is 1. The number of halogens is 1. The molecule has 5 heteroatoms. The molecule has 2 rings (SSSR count). The third kappa shape index (κ3) is 2.82. The number of rotatable bonds is 5. The average molecular weight is 269 g/mol. The first-order valence-electron chi connectivity index (χ1n) is 6.25. The van der Waals surface area contributed by atoms with Crippen molar-refractivity contribution in [2.45, 2.75) is 31.7 Å². The zero-order valence-corrected chi connectivity index (χ0v) is 10.9. The summed E-state index contributed by atoms with van der Waals surface area (Å²) in [4.78, 5) is 18.2. The molecule has 18 heavy (non-hydrogen) atoms. The largest absolute Gasteiger partial charge is 0.396 e. The molecule has 0 saturated heterocycles. The molecule has 1 saturated carbocycles. The first-order chi connectivity index (χ1) is 8.74. The lowest BCUT2D eigenvalue weighted by molar-refractivity contribution is 0.0562. The fourth-order valence-corrected chi connectivity index (χ4v) is 2.26. The summed E-state index contributed by atoms with van der Waals surface area (Å²) in [7, 11) is 0. The first-order valence-corrected chi connectivity index (χ1v) is 6.63. The second kappa shape index (κ2) is 6.16. The van der Waals surface area contributed by atoms with Crippen molar-refractivity contribution in [2.24, 2.45) is 0 Å². The van der Waals surface area contributed by atoms with Crippen molar-refractivity contribution in [2.75, 3.05) is 13.2 Å². The van der Waals surface area contributed by atoms with E-state index in [9.17, 15) is 4.79 Å². The van der Waals surface area contributed by atoms with E-state index in [0.29, 0.717) is 29.6 Å². The Balaban J connectivity index is 2.14. The molecule has 1 fully saturated rings. The molecule has 0 aromatic carbocycles. The van der Waals surface area contributed by atoms with E-state index in [-0.39, 0.29) is 12.5 Å². The standard InChI is InChI=1S/C13H17ClN2O2/c14-12-5-6-15-9-11(12)13(18)16(7-2-8-17)10-3-1-4-10/h5-6,9-10,17H,1-4,7-8H2. The number of carbonyl (C=O) groups is 1. The lowest BCUT2D eigenvalue weighted by Crippen LogP contribution is -2.45. The van der Waals surface area contributed by atoms with Gasteiger partial charge >= 0.3 is 0 Å². The van der Waals surface area contributed by atoms with Crippen molar-refractivity contribution in [1.82, 2.24) is 9.88 Å². The quantitative estimate of drug-likeness (QED) is 0.890. The summed E-state index contributed by atoms with van der Waals surface area (Å²) >= 11 is 6.03. The van der Waals surface area contributed by atoms with Gasteiger partial charge in [0.25, 0.3) is 5.91 Å². The molecule has 0 spiro atoms. The molecule has 1 aromatic rings. The van der Waals surface area contributed by atoms with Crippen LogP contribution in [-0.2, 0) is 0 Å². The normalized spacial score (nSPS) is 15.2. The van der Waals surface area contributed by atoms with E-state index in [2.05, 4.69) is 4.98 Å². The Labute approximate surface area is 112 Å². The van der Waals surface area contributed by atoms with Gasteiger partial charge in [-0.2, -0.15) is 0 Å². The molecule has 0 unspecified atom stereocenters. The minimum atomic E-state index is -0.0775. The summed E-state index contributed by atoms with van der Waals surface area (Å²) in [5.41, 5.74) is 0.448. The van der Waals surface area contributed by atoms with Gasteiger partial charge in [-0.05, 0) is 31.7 Å². The molecule has 1 amide bonds. The maximum Gasteiger partial charge on any atom is 0.257 e. The molecular formula is C13H17ClN2O2. The molecule has 0 atom stereocenters. The van der Waals surface area contributed by atoms with Crippen molar-refractivity contribution in [1.29, 1.82) is 0 Å². The topological polar surface area (TPSA) is 53.4 Å². The van der Waals surface area contributed by atoms with Crippen LogP contribution >= 0.6 is 11.6 Å². The molecule has 0 aliphatic heterocycles. The Bertz CT molecular complexity index is 421. The third-order valence-corrected chi connectivity index (χ3v) is 3.66. The monoisotopic (exact) mass is 268 g/mol. The molecule has 1 aliphatic carbocycles. The van der Waals surface area contributed by atoms with Crippen LogP contribution < -0.4 is 0 Å². The third-order valence-electron chi connectivity index (χ3n) is 3.33. The zero-order chi connectivity index (χ0) is 13.0. The predicted molar refractivity (Wildman–Crippen MR) is 69.6 cm³/mol. The Hall–Kier alpha value is -1.13. The lowest BCUT2D eigenvalue weighted by Gasteiger charge is -2.37. The van der Waals surface area contributed by atoms with E-state index < -0.39 is 0 Å². The average Bonchev–Trinajstić information content (AvgIpc) is 2.32. The van der Waals surface area contributed by atoms with Crippen molar-refractivity contribution in [3.05, 3.63) is 29.0 Å². The highest BCUT2D eigenvalue weighted by Gasteiger charge is 2.29. The van der Waals surface area contributed by atoms with Gasteiger partial charge in [0, 0.05) is 31.6 Å². The van der Waals surface area contributed by atoms with Crippen LogP contribution in [0.3, 0.4) is 0 Å². The van der Waals surface area contributed by atoms with Crippen LogP contribution in [0.5, 0.6) is 0 Å². The van der Waals surface area contributed by atoms with Crippen LogP contribution in [-0.4, -0.2) is 40.1 Å². The van der Waals surface area contributed by atoms with Crippen LogP contribution in [0.4, 0.5) is 0 Å². The van der Waals surface area contributed by atoms with Crippen LogP contribution in [0.15, 0.2) is 18.5 Å². The van der Waals surface area contributed by atoms with E-state index in [4.69, 9.17) is 16.7 Å². The molecule has 0 bridgehead atoms. The van der Waals surface area contributed by atoms with Crippen molar-refractivity contribution >= 4 is 17.5 Å². The smallest absolute Gasteiger partial charge is 0.257 e. The minimum Gasteiger partial charge on any atom is -0.396 e. The Morgan fingerprint density at radius 3 is 2.89 bits per heavy atom. The number of nitrogens with zero attached hydrogens (tertiary/aromatic N) is 2. The number of aliphatic hydroxyl groups excluding tert-OH is 1. The Kier molecular flexibility index (Phi) is 4.55. The summed E-state index contributed by atoms with van der Waals surface area (Å²) in [6.07, 6.45) is 6.91. The molecule has 98 valence electrons. The summed E-state index contributed by atoms with van der Waals surface area (Å²) < 4.78 is 0. The summed E-state index contributed by atoms with van der Waals surface area (Å²) in [5, 5.41) is 9.35. The van der Waals surface area contributed by atoms with Crippen LogP contribution in [0.25, 0.3) is 0 Å². The first kappa shape index (κ1) is 13.3. The Morgan fingerprint density at radius 1 is 1.56 bits per heavy atom. The lowest BCUT2D eigenvalue weighted by atomic mass is 9.91. The van der Waals surface area contributed by atoms with Gasteiger partial charge in [-0.1, -0.05) is 11.6 Å². The molecule has 0 radical (unpaired) electrons. The van der Waals surface area contributed by atoms with Gasteiger partial charge in [-0.3, -0.25) is 9.78 Å². The molecule has 1 N–H and O–H groups in total. The van der Waals surface area contributed by atoms with Gasteiger partial charge in [0.15, 0.2) is 0 Å². The summed E-state index contributed by atoms with van der Waals surface area (Å²) in [6, 6.07) is 1.92. The van der Waals surface area contributed by atoms with Gasteiger partial charge in [0.2, 0.25) is 0 Å². The molecule has 1 heterocycles. The molecule has 4 nitrogen and oxygen atoms in total. The maximum absolute atomic E-state index is 12.4. The van der Waals surface area contributed by atoms with Gasteiger partial charge in [0.1, 0.15) is 0 Å². The van der Waals surface area contributed by atoms with Gasteiger partial charge < -0.3 is 10.0 Å². The van der Waals surface area contributed by atoms with Crippen molar-refractivity contribution < 1.29 is 9.90 Å². The number of amides is 1.